The topological polar surface area (TPSA) is 89.6 Å². The third kappa shape index (κ3) is 10.2. The Morgan fingerprint density at radius 3 is 1.89 bits per heavy atom. The SMILES string of the molecule is CC(C)OC(=O)N[C@H](CC[C@H](Cc1ccccc1)NC(=O)OCc1cncs1)Cc1ccccc1. The van der Waals surface area contributed by atoms with Crippen LogP contribution in [0.3, 0.4) is 0 Å². The second kappa shape index (κ2) is 14.1. The van der Waals surface area contributed by atoms with Crippen LogP contribution in [0.4, 0.5) is 9.59 Å². The Bertz CT molecular complexity index is 1010. The molecule has 2 amide bonds. The number of nitrogens with one attached hydrogen (secondary N) is 2. The summed E-state index contributed by atoms with van der Waals surface area (Å²) < 4.78 is 10.7. The van der Waals surface area contributed by atoms with Crippen molar-refractivity contribution in [3.05, 3.63) is 88.4 Å². The molecule has 0 aliphatic rings. The van der Waals surface area contributed by atoms with Crippen molar-refractivity contribution in [2.24, 2.45) is 0 Å². The number of nitrogens with zero attached hydrogens (tertiary/aromatic N) is 1. The van der Waals surface area contributed by atoms with Crippen LogP contribution in [0.15, 0.2) is 72.4 Å². The second-order valence-electron chi connectivity index (χ2n) is 8.64. The van der Waals surface area contributed by atoms with Gasteiger partial charge in [0.05, 0.1) is 16.5 Å². The summed E-state index contributed by atoms with van der Waals surface area (Å²) in [4.78, 5) is 29.8. The van der Waals surface area contributed by atoms with Gasteiger partial charge in [0, 0.05) is 18.3 Å². The highest BCUT2D eigenvalue weighted by Gasteiger charge is 2.20. The zero-order valence-corrected chi connectivity index (χ0v) is 21.0. The van der Waals surface area contributed by atoms with E-state index in [-0.39, 0.29) is 24.8 Å². The molecule has 0 saturated carbocycles. The van der Waals surface area contributed by atoms with Crippen LogP contribution in [0.25, 0.3) is 0 Å². The third-order valence-corrected chi connectivity index (χ3v) is 6.08. The van der Waals surface area contributed by atoms with E-state index in [4.69, 9.17) is 9.47 Å². The number of hydrogen-bond donors (Lipinski definition) is 2. The summed E-state index contributed by atoms with van der Waals surface area (Å²) >= 11 is 1.44. The van der Waals surface area contributed by atoms with Crippen molar-refractivity contribution in [3.8, 4) is 0 Å². The fourth-order valence-electron chi connectivity index (χ4n) is 3.72. The highest BCUT2D eigenvalue weighted by molar-refractivity contribution is 7.09. The largest absolute Gasteiger partial charge is 0.447 e. The molecule has 8 heteroatoms. The van der Waals surface area contributed by atoms with Crippen LogP contribution in [-0.2, 0) is 28.9 Å². The van der Waals surface area contributed by atoms with Crippen molar-refractivity contribution in [1.82, 2.24) is 15.6 Å². The lowest BCUT2D eigenvalue weighted by molar-refractivity contribution is 0.111. The Labute approximate surface area is 210 Å². The van der Waals surface area contributed by atoms with Gasteiger partial charge >= 0.3 is 12.2 Å². The maximum absolute atomic E-state index is 12.5. The minimum Gasteiger partial charge on any atom is -0.447 e. The van der Waals surface area contributed by atoms with Crippen LogP contribution in [0.2, 0.25) is 0 Å². The summed E-state index contributed by atoms with van der Waals surface area (Å²) in [6.07, 6.45) is 3.23. The number of hydrogen-bond acceptors (Lipinski definition) is 6. The molecule has 3 rings (SSSR count). The first-order valence-electron chi connectivity index (χ1n) is 11.8. The minimum atomic E-state index is -0.467. The van der Waals surface area contributed by atoms with Crippen LogP contribution in [-0.4, -0.2) is 35.4 Å². The quantitative estimate of drug-likeness (QED) is 0.346. The molecule has 0 bridgehead atoms. The van der Waals surface area contributed by atoms with Gasteiger partial charge in [-0.25, -0.2) is 9.59 Å². The van der Waals surface area contributed by atoms with Crippen LogP contribution < -0.4 is 10.6 Å². The summed E-state index contributed by atoms with van der Waals surface area (Å²) in [6, 6.07) is 19.7. The standard InChI is InChI=1S/C27H33N3O4S/c1-20(2)34-27(32)30-24(16-22-11-7-4-8-12-22)14-13-23(15-21-9-5-3-6-10-21)29-26(31)33-18-25-17-28-19-35-25/h3-12,17,19-20,23-24H,13-16,18H2,1-2H3,(H,29,31)(H,30,32)/t23-,24-/m1/s1. The van der Waals surface area contributed by atoms with Gasteiger partial charge in [-0.3, -0.25) is 4.98 Å². The van der Waals surface area contributed by atoms with Crippen LogP contribution >= 0.6 is 11.3 Å². The van der Waals surface area contributed by atoms with E-state index < -0.39 is 12.2 Å². The molecule has 1 aromatic heterocycles. The zero-order valence-electron chi connectivity index (χ0n) is 20.2. The molecular weight excluding hydrogens is 462 g/mol. The molecule has 1 heterocycles. The average Bonchev–Trinajstić information content (AvgIpc) is 3.36. The van der Waals surface area contributed by atoms with Crippen molar-refractivity contribution in [1.29, 1.82) is 0 Å². The van der Waals surface area contributed by atoms with Gasteiger partial charge in [0.1, 0.15) is 6.61 Å². The monoisotopic (exact) mass is 495 g/mol. The van der Waals surface area contributed by atoms with Gasteiger partial charge in [0.2, 0.25) is 0 Å². The second-order valence-corrected chi connectivity index (χ2v) is 9.61. The molecule has 0 fully saturated rings. The molecule has 0 spiro atoms. The zero-order chi connectivity index (χ0) is 24.9. The number of rotatable bonds is 12. The first-order valence-corrected chi connectivity index (χ1v) is 12.7. The van der Waals surface area contributed by atoms with E-state index in [1.807, 2.05) is 74.5 Å². The van der Waals surface area contributed by atoms with Crippen molar-refractivity contribution in [2.75, 3.05) is 0 Å². The molecule has 3 aromatic rings. The summed E-state index contributed by atoms with van der Waals surface area (Å²) in [7, 11) is 0. The Morgan fingerprint density at radius 2 is 1.40 bits per heavy atom. The minimum absolute atomic E-state index is 0.142. The molecule has 0 aliphatic heterocycles. The fraction of sp³-hybridized carbons (Fsp3) is 0.370. The molecule has 0 aliphatic carbocycles. The van der Waals surface area contributed by atoms with E-state index in [9.17, 15) is 9.59 Å². The van der Waals surface area contributed by atoms with E-state index in [0.717, 1.165) is 16.0 Å². The lowest BCUT2D eigenvalue weighted by atomic mass is 9.96. The van der Waals surface area contributed by atoms with E-state index in [2.05, 4.69) is 15.6 Å². The number of aromatic nitrogens is 1. The predicted octanol–water partition coefficient (Wildman–Crippen LogP) is 5.51. The van der Waals surface area contributed by atoms with Gasteiger partial charge in [-0.1, -0.05) is 60.7 Å². The highest BCUT2D eigenvalue weighted by Crippen LogP contribution is 2.14. The van der Waals surface area contributed by atoms with E-state index >= 15 is 0 Å². The van der Waals surface area contributed by atoms with E-state index in [1.165, 1.54) is 11.3 Å². The molecule has 2 N–H and O–H groups in total. The van der Waals surface area contributed by atoms with E-state index in [0.29, 0.717) is 25.7 Å². The lowest BCUT2D eigenvalue weighted by Crippen LogP contribution is -2.41. The van der Waals surface area contributed by atoms with Crippen LogP contribution in [0.5, 0.6) is 0 Å². The predicted molar refractivity (Wildman–Crippen MR) is 137 cm³/mol. The number of benzene rings is 2. The summed E-state index contributed by atoms with van der Waals surface area (Å²) in [6.45, 7) is 3.83. The number of carbonyl (C=O) groups is 2. The van der Waals surface area contributed by atoms with Gasteiger partial charge in [-0.2, -0.15) is 0 Å². The summed E-state index contributed by atoms with van der Waals surface area (Å²) in [5, 5.41) is 6.01. The van der Waals surface area contributed by atoms with Crippen LogP contribution in [0, 0.1) is 0 Å². The average molecular weight is 496 g/mol. The number of amides is 2. The maximum Gasteiger partial charge on any atom is 0.407 e. The van der Waals surface area contributed by atoms with Crippen molar-refractivity contribution < 1.29 is 19.1 Å². The maximum atomic E-state index is 12.5. The van der Waals surface area contributed by atoms with Crippen molar-refractivity contribution in [2.45, 2.75) is 64.3 Å². The van der Waals surface area contributed by atoms with Gasteiger partial charge < -0.3 is 20.1 Å². The first-order chi connectivity index (χ1) is 17.0. The lowest BCUT2D eigenvalue weighted by Gasteiger charge is -2.24. The van der Waals surface area contributed by atoms with Gasteiger partial charge in [0.25, 0.3) is 0 Å². The molecule has 0 radical (unpaired) electrons. The Kier molecular flexibility index (Phi) is 10.6. The Hall–Kier alpha value is -3.39. The highest BCUT2D eigenvalue weighted by atomic mass is 32.1. The molecule has 0 saturated heterocycles. The smallest absolute Gasteiger partial charge is 0.407 e. The van der Waals surface area contributed by atoms with Gasteiger partial charge in [0.15, 0.2) is 0 Å². The number of carbonyl (C=O) groups excluding carboxylic acids is 2. The van der Waals surface area contributed by atoms with Gasteiger partial charge in [-0.05, 0) is 50.7 Å². The van der Waals surface area contributed by atoms with Crippen LogP contribution in [0.1, 0.15) is 42.7 Å². The molecule has 7 nitrogen and oxygen atoms in total. The molecule has 35 heavy (non-hydrogen) atoms. The third-order valence-electron chi connectivity index (χ3n) is 5.33. The first kappa shape index (κ1) is 26.2. The number of ether oxygens (including phenoxy) is 2. The molecule has 186 valence electrons. The Balaban J connectivity index is 1.64. The van der Waals surface area contributed by atoms with E-state index in [1.54, 1.807) is 11.7 Å². The number of thiazole rings is 1. The molecule has 0 unspecified atom stereocenters. The molecule has 2 aromatic carbocycles. The fourth-order valence-corrected chi connectivity index (χ4v) is 4.23. The molecule has 2 atom stereocenters. The molecular formula is C27H33N3O4S. The Morgan fingerprint density at radius 1 is 0.857 bits per heavy atom. The van der Waals surface area contributed by atoms with Gasteiger partial charge in [-0.15, -0.1) is 11.3 Å². The summed E-state index contributed by atoms with van der Waals surface area (Å²) in [5.74, 6) is 0. The normalized spacial score (nSPS) is 12.5. The summed E-state index contributed by atoms with van der Waals surface area (Å²) in [5.41, 5.74) is 3.95. The number of alkyl carbamates (subject to hydrolysis) is 2. The van der Waals surface area contributed by atoms with Crippen molar-refractivity contribution >= 4 is 23.5 Å². The van der Waals surface area contributed by atoms with Crippen molar-refractivity contribution in [3.63, 3.8) is 0 Å².